The first kappa shape index (κ1) is 16.9. The quantitative estimate of drug-likeness (QED) is 0.626. The molecule has 2 heterocycles. The van der Waals surface area contributed by atoms with Gasteiger partial charge in [0, 0.05) is 11.1 Å². The molecule has 4 nitrogen and oxygen atoms in total. The number of rotatable bonds is 3. The van der Waals surface area contributed by atoms with Crippen molar-refractivity contribution in [3.05, 3.63) is 63.7 Å². The molecule has 0 aliphatic rings. The van der Waals surface area contributed by atoms with Crippen LogP contribution in [0.5, 0.6) is 0 Å². The summed E-state index contributed by atoms with van der Waals surface area (Å²) in [6, 6.07) is 11.1. The summed E-state index contributed by atoms with van der Waals surface area (Å²) in [6.45, 7) is 1.27. The molecular formula is C17H9F3N2O2S. The zero-order valence-corrected chi connectivity index (χ0v) is 13.5. The van der Waals surface area contributed by atoms with Crippen LogP contribution < -0.4 is 0 Å². The maximum absolute atomic E-state index is 12.8. The Morgan fingerprint density at radius 3 is 2.44 bits per heavy atom. The van der Waals surface area contributed by atoms with Crippen LogP contribution in [0.2, 0.25) is 0 Å². The highest BCUT2D eigenvalue weighted by Gasteiger charge is 2.39. The molecule has 0 atom stereocenters. The van der Waals surface area contributed by atoms with E-state index in [1.165, 1.54) is 43.3 Å². The lowest BCUT2D eigenvalue weighted by molar-refractivity contribution is -0.156. The largest absolute Gasteiger partial charge is 0.452 e. The van der Waals surface area contributed by atoms with Gasteiger partial charge in [0.15, 0.2) is 0 Å². The van der Waals surface area contributed by atoms with Gasteiger partial charge in [0.25, 0.3) is 0 Å². The van der Waals surface area contributed by atoms with Gasteiger partial charge in [0.2, 0.25) is 11.5 Å². The van der Waals surface area contributed by atoms with Crippen LogP contribution in [0.4, 0.5) is 13.2 Å². The third-order valence-electron chi connectivity index (χ3n) is 3.52. The lowest BCUT2D eigenvalue weighted by Crippen LogP contribution is -2.04. The number of alkyl halides is 3. The SMILES string of the molecule is Cc1c(-c2ccc(C(=O)c3ccc(C#N)cc3)s2)noc1C(F)(F)F. The van der Waals surface area contributed by atoms with Crippen LogP contribution in [0.3, 0.4) is 0 Å². The van der Waals surface area contributed by atoms with E-state index in [1.807, 2.05) is 6.07 Å². The number of carbonyl (C=O) groups is 1. The van der Waals surface area contributed by atoms with E-state index in [0.717, 1.165) is 11.3 Å². The van der Waals surface area contributed by atoms with Gasteiger partial charge in [0.1, 0.15) is 5.69 Å². The second kappa shape index (κ2) is 6.18. The Hall–Kier alpha value is -2.92. The maximum Gasteiger partial charge on any atom is 0.452 e. The highest BCUT2D eigenvalue weighted by molar-refractivity contribution is 7.17. The summed E-state index contributed by atoms with van der Waals surface area (Å²) in [5, 5.41) is 12.3. The standard InChI is InChI=1S/C17H9F3N2O2S/c1-9-14(22-24-16(9)17(18,19)20)12-6-7-13(25-12)15(23)11-4-2-10(8-21)3-5-11/h2-7H,1H3. The fourth-order valence-electron chi connectivity index (χ4n) is 2.26. The molecule has 0 unspecified atom stereocenters. The number of hydrogen-bond donors (Lipinski definition) is 0. The van der Waals surface area contributed by atoms with Gasteiger partial charge in [0.05, 0.1) is 21.4 Å². The summed E-state index contributed by atoms with van der Waals surface area (Å²) in [6.07, 6.45) is -4.62. The van der Waals surface area contributed by atoms with E-state index in [0.29, 0.717) is 20.9 Å². The number of hydrogen-bond acceptors (Lipinski definition) is 5. The molecule has 0 aliphatic carbocycles. The van der Waals surface area contributed by atoms with Gasteiger partial charge in [-0.3, -0.25) is 4.79 Å². The minimum Gasteiger partial charge on any atom is -0.351 e. The summed E-state index contributed by atoms with van der Waals surface area (Å²) >= 11 is 1.03. The summed E-state index contributed by atoms with van der Waals surface area (Å²) in [5.74, 6) is -1.42. The highest BCUT2D eigenvalue weighted by Crippen LogP contribution is 2.38. The molecule has 2 aromatic heterocycles. The molecule has 3 aromatic rings. The fourth-order valence-corrected chi connectivity index (χ4v) is 3.26. The van der Waals surface area contributed by atoms with E-state index in [9.17, 15) is 18.0 Å². The van der Waals surface area contributed by atoms with Crippen LogP contribution in [0.15, 0.2) is 40.9 Å². The zero-order valence-electron chi connectivity index (χ0n) is 12.7. The topological polar surface area (TPSA) is 66.9 Å². The van der Waals surface area contributed by atoms with Gasteiger partial charge < -0.3 is 4.52 Å². The first-order valence-corrected chi connectivity index (χ1v) is 7.81. The Morgan fingerprint density at radius 1 is 1.20 bits per heavy atom. The number of nitrogens with zero attached hydrogens (tertiary/aromatic N) is 2. The third kappa shape index (κ3) is 3.19. The van der Waals surface area contributed by atoms with Crippen molar-refractivity contribution in [3.63, 3.8) is 0 Å². The van der Waals surface area contributed by atoms with Crippen molar-refractivity contribution in [2.45, 2.75) is 13.1 Å². The fraction of sp³-hybridized carbons (Fsp3) is 0.118. The van der Waals surface area contributed by atoms with Crippen LogP contribution in [0.1, 0.15) is 32.1 Å². The number of thiophene rings is 1. The molecule has 1 aromatic carbocycles. The van der Waals surface area contributed by atoms with Gasteiger partial charge in [-0.05, 0) is 43.3 Å². The van der Waals surface area contributed by atoms with Crippen LogP contribution >= 0.6 is 11.3 Å². The Balaban J connectivity index is 1.91. The predicted octanol–water partition coefficient (Wildman–Crippen LogP) is 4.83. The molecule has 0 amide bonds. The third-order valence-corrected chi connectivity index (χ3v) is 4.61. The molecule has 0 bridgehead atoms. The van der Waals surface area contributed by atoms with Crippen LogP contribution in [0, 0.1) is 18.3 Å². The lowest BCUT2D eigenvalue weighted by atomic mass is 10.1. The van der Waals surface area contributed by atoms with E-state index in [4.69, 9.17) is 5.26 Å². The van der Waals surface area contributed by atoms with E-state index in [2.05, 4.69) is 9.68 Å². The molecule has 0 N–H and O–H groups in total. The molecule has 0 saturated carbocycles. The summed E-state index contributed by atoms with van der Waals surface area (Å²) < 4.78 is 42.8. The first-order valence-electron chi connectivity index (χ1n) is 7.00. The average Bonchev–Trinajstić information content (AvgIpc) is 3.20. The van der Waals surface area contributed by atoms with Gasteiger partial charge in [-0.25, -0.2) is 0 Å². The molecule has 25 heavy (non-hydrogen) atoms. The molecule has 3 rings (SSSR count). The molecular weight excluding hydrogens is 353 g/mol. The van der Waals surface area contributed by atoms with Crippen molar-refractivity contribution >= 4 is 17.1 Å². The van der Waals surface area contributed by atoms with Gasteiger partial charge in [-0.15, -0.1) is 11.3 Å². The first-order chi connectivity index (χ1) is 11.8. The molecule has 0 fully saturated rings. The van der Waals surface area contributed by atoms with E-state index >= 15 is 0 Å². The Labute approximate surface area is 144 Å². The van der Waals surface area contributed by atoms with E-state index in [1.54, 1.807) is 0 Å². The number of benzene rings is 1. The normalized spacial score (nSPS) is 11.3. The van der Waals surface area contributed by atoms with Gasteiger partial charge in [-0.2, -0.15) is 18.4 Å². The zero-order chi connectivity index (χ0) is 18.2. The molecule has 0 saturated heterocycles. The second-order valence-electron chi connectivity index (χ2n) is 5.17. The minimum atomic E-state index is -4.62. The van der Waals surface area contributed by atoms with Crippen molar-refractivity contribution in [2.75, 3.05) is 0 Å². The summed E-state index contributed by atoms with van der Waals surface area (Å²) in [7, 11) is 0. The Kier molecular flexibility index (Phi) is 4.18. The minimum absolute atomic E-state index is 0.0659. The van der Waals surface area contributed by atoms with E-state index in [-0.39, 0.29) is 17.0 Å². The number of carbonyl (C=O) groups excluding carboxylic acids is 1. The molecule has 0 spiro atoms. The van der Waals surface area contributed by atoms with Gasteiger partial charge in [-0.1, -0.05) is 5.16 Å². The van der Waals surface area contributed by atoms with Crippen LogP contribution in [-0.4, -0.2) is 10.9 Å². The lowest BCUT2D eigenvalue weighted by Gasteiger charge is -2.01. The number of halogens is 3. The van der Waals surface area contributed by atoms with Crippen molar-refractivity contribution in [2.24, 2.45) is 0 Å². The summed E-state index contributed by atoms with van der Waals surface area (Å²) in [4.78, 5) is 13.2. The van der Waals surface area contributed by atoms with Crippen molar-refractivity contribution in [3.8, 4) is 16.6 Å². The smallest absolute Gasteiger partial charge is 0.351 e. The highest BCUT2D eigenvalue weighted by atomic mass is 32.1. The monoisotopic (exact) mass is 362 g/mol. The predicted molar refractivity (Wildman–Crippen MR) is 84.1 cm³/mol. The van der Waals surface area contributed by atoms with Crippen LogP contribution in [0.25, 0.3) is 10.6 Å². The van der Waals surface area contributed by atoms with Crippen LogP contribution in [-0.2, 0) is 6.18 Å². The maximum atomic E-state index is 12.8. The van der Waals surface area contributed by atoms with Crippen molar-refractivity contribution in [1.29, 1.82) is 5.26 Å². The Morgan fingerprint density at radius 2 is 1.88 bits per heavy atom. The van der Waals surface area contributed by atoms with Gasteiger partial charge >= 0.3 is 6.18 Å². The van der Waals surface area contributed by atoms with E-state index < -0.39 is 11.9 Å². The second-order valence-corrected chi connectivity index (χ2v) is 6.25. The molecule has 0 aliphatic heterocycles. The van der Waals surface area contributed by atoms with Crippen molar-refractivity contribution < 1.29 is 22.5 Å². The number of ketones is 1. The number of aromatic nitrogens is 1. The number of nitriles is 1. The average molecular weight is 362 g/mol. The molecule has 8 heteroatoms. The van der Waals surface area contributed by atoms with Crippen molar-refractivity contribution in [1.82, 2.24) is 5.16 Å². The molecule has 0 radical (unpaired) electrons. The molecule has 126 valence electrons. The summed E-state index contributed by atoms with van der Waals surface area (Å²) in [5.41, 5.74) is 0.768. The Bertz CT molecular complexity index is 979.